The zero-order valence-corrected chi connectivity index (χ0v) is 15.4. The molecule has 1 aromatic rings. The molecule has 5 nitrogen and oxygen atoms in total. The van der Waals surface area contributed by atoms with Gasteiger partial charge in [0.1, 0.15) is 5.82 Å². The summed E-state index contributed by atoms with van der Waals surface area (Å²) in [5, 5.41) is 7.25. The van der Waals surface area contributed by atoms with Crippen molar-refractivity contribution in [2.75, 3.05) is 13.1 Å². The van der Waals surface area contributed by atoms with Crippen molar-refractivity contribution in [3.8, 4) is 0 Å². The third kappa shape index (κ3) is 3.05. The minimum Gasteiger partial charge on any atom is -0.342 e. The van der Waals surface area contributed by atoms with E-state index in [2.05, 4.69) is 15.1 Å². The molecule has 2 saturated carbocycles. The molecule has 0 spiro atoms. The fourth-order valence-electron chi connectivity index (χ4n) is 4.90. The average Bonchev–Trinajstić information content (AvgIpc) is 3.36. The van der Waals surface area contributed by atoms with Crippen LogP contribution in [-0.2, 0) is 11.8 Å². The third-order valence-electron chi connectivity index (χ3n) is 6.50. The lowest BCUT2D eigenvalue weighted by Gasteiger charge is -2.32. The molecule has 2 aliphatic carbocycles. The normalized spacial score (nSPS) is 29.0. The first-order valence-corrected chi connectivity index (χ1v) is 9.96. The van der Waals surface area contributed by atoms with E-state index < -0.39 is 0 Å². The summed E-state index contributed by atoms with van der Waals surface area (Å²) in [6.45, 7) is 1.74. The van der Waals surface area contributed by atoms with Crippen molar-refractivity contribution in [2.45, 2.75) is 57.3 Å². The lowest BCUT2D eigenvalue weighted by atomic mass is 9.85. The molecule has 1 aromatic heterocycles. The zero-order chi connectivity index (χ0) is 16.7. The van der Waals surface area contributed by atoms with Crippen LogP contribution in [0.5, 0.6) is 0 Å². The highest BCUT2D eigenvalue weighted by molar-refractivity contribution is 7.71. The maximum atomic E-state index is 12.8. The first-order valence-electron chi connectivity index (χ1n) is 9.55. The van der Waals surface area contributed by atoms with Crippen molar-refractivity contribution in [1.82, 2.24) is 19.7 Å². The van der Waals surface area contributed by atoms with Gasteiger partial charge >= 0.3 is 0 Å². The van der Waals surface area contributed by atoms with Crippen LogP contribution < -0.4 is 0 Å². The van der Waals surface area contributed by atoms with Gasteiger partial charge in [-0.25, -0.2) is 0 Å². The van der Waals surface area contributed by atoms with E-state index in [0.29, 0.717) is 28.4 Å². The van der Waals surface area contributed by atoms with Gasteiger partial charge < -0.3 is 9.47 Å². The van der Waals surface area contributed by atoms with E-state index >= 15 is 0 Å². The second-order valence-corrected chi connectivity index (χ2v) is 8.34. The number of likely N-dealkylation sites (tertiary alicyclic amines) is 1. The maximum absolute atomic E-state index is 12.8. The Bertz CT molecular complexity index is 652. The predicted molar refractivity (Wildman–Crippen MR) is 95.1 cm³/mol. The van der Waals surface area contributed by atoms with E-state index in [9.17, 15) is 4.79 Å². The molecule has 0 aromatic carbocycles. The molecule has 0 unspecified atom stereocenters. The van der Waals surface area contributed by atoms with Crippen LogP contribution in [0.3, 0.4) is 0 Å². The van der Waals surface area contributed by atoms with Gasteiger partial charge in [0.05, 0.1) is 0 Å². The SMILES string of the molecule is Cn1c(C2CCN(C(=O)[C@@H]3C[C@@H]3C3CCCCC3)CC2)n[nH]c1=S. The topological polar surface area (TPSA) is 53.9 Å². The number of hydrogen-bond donors (Lipinski definition) is 1. The molecule has 1 amide bonds. The minimum absolute atomic E-state index is 0.338. The number of H-pyrrole nitrogens is 1. The first kappa shape index (κ1) is 16.3. The van der Waals surface area contributed by atoms with Gasteiger partial charge in [0.2, 0.25) is 5.91 Å². The smallest absolute Gasteiger partial charge is 0.225 e. The van der Waals surface area contributed by atoms with Crippen LogP contribution in [0.15, 0.2) is 0 Å². The van der Waals surface area contributed by atoms with Crippen LogP contribution in [-0.4, -0.2) is 38.7 Å². The molecule has 3 aliphatic rings. The standard InChI is InChI=1S/C18H28N4OS/c1-21-16(19-20-18(21)24)13-7-9-22(10-8-13)17(23)15-11-14(15)12-5-3-2-4-6-12/h12-15H,2-11H2,1H3,(H,20,24)/t14-,15-/m1/s1. The summed E-state index contributed by atoms with van der Waals surface area (Å²) in [6, 6.07) is 0. The average molecular weight is 349 g/mol. The fourth-order valence-corrected chi connectivity index (χ4v) is 5.04. The van der Waals surface area contributed by atoms with Crippen LogP contribution >= 0.6 is 12.2 Å². The third-order valence-corrected chi connectivity index (χ3v) is 6.86. The molecule has 0 radical (unpaired) electrons. The van der Waals surface area contributed by atoms with Gasteiger partial charge in [0.25, 0.3) is 0 Å². The summed E-state index contributed by atoms with van der Waals surface area (Å²) in [6.07, 6.45) is 10.0. The Labute approximate surface area is 148 Å². The second kappa shape index (κ2) is 6.62. The van der Waals surface area contributed by atoms with Crippen molar-refractivity contribution in [1.29, 1.82) is 0 Å². The van der Waals surface area contributed by atoms with E-state index in [1.165, 1.54) is 32.1 Å². The molecule has 24 heavy (non-hydrogen) atoms. The number of aromatic nitrogens is 3. The Kier molecular flexibility index (Phi) is 4.50. The summed E-state index contributed by atoms with van der Waals surface area (Å²) in [7, 11) is 1.97. The summed E-state index contributed by atoms with van der Waals surface area (Å²) >= 11 is 5.21. The molecule has 3 fully saturated rings. The predicted octanol–water partition coefficient (Wildman–Crippen LogP) is 3.40. The maximum Gasteiger partial charge on any atom is 0.225 e. The molecule has 1 N–H and O–H groups in total. The largest absolute Gasteiger partial charge is 0.342 e. The van der Waals surface area contributed by atoms with Crippen LogP contribution in [0.4, 0.5) is 0 Å². The molecule has 0 bridgehead atoms. The van der Waals surface area contributed by atoms with Crippen molar-refractivity contribution in [3.05, 3.63) is 10.6 Å². The highest BCUT2D eigenvalue weighted by Crippen LogP contribution is 2.50. The molecule has 2 atom stereocenters. The summed E-state index contributed by atoms with van der Waals surface area (Å²) in [4.78, 5) is 14.9. The number of carbonyl (C=O) groups excluding carboxylic acids is 1. The van der Waals surface area contributed by atoms with E-state index in [1.807, 2.05) is 11.6 Å². The number of rotatable bonds is 3. The number of nitrogens with one attached hydrogen (secondary N) is 1. The monoisotopic (exact) mass is 348 g/mol. The number of piperidine rings is 1. The van der Waals surface area contributed by atoms with E-state index in [1.54, 1.807) is 0 Å². The van der Waals surface area contributed by atoms with E-state index in [4.69, 9.17) is 12.2 Å². The van der Waals surface area contributed by atoms with Crippen LogP contribution in [0, 0.1) is 22.5 Å². The van der Waals surface area contributed by atoms with Crippen LogP contribution in [0.2, 0.25) is 0 Å². The highest BCUT2D eigenvalue weighted by atomic mass is 32.1. The summed E-state index contributed by atoms with van der Waals surface area (Å²) in [5.41, 5.74) is 0. The van der Waals surface area contributed by atoms with Crippen molar-refractivity contribution in [3.63, 3.8) is 0 Å². The number of hydrogen-bond acceptors (Lipinski definition) is 3. The molecule has 1 aliphatic heterocycles. The minimum atomic E-state index is 0.338. The quantitative estimate of drug-likeness (QED) is 0.852. The molecular weight excluding hydrogens is 320 g/mol. The molecule has 2 heterocycles. The molecule has 132 valence electrons. The Morgan fingerprint density at radius 2 is 1.88 bits per heavy atom. The zero-order valence-electron chi connectivity index (χ0n) is 14.5. The van der Waals surface area contributed by atoms with Crippen LogP contribution in [0.1, 0.15) is 63.1 Å². The molecule has 6 heteroatoms. The van der Waals surface area contributed by atoms with Crippen molar-refractivity contribution < 1.29 is 4.79 Å². The Balaban J connectivity index is 1.31. The number of amides is 1. The molecule has 4 rings (SSSR count). The van der Waals surface area contributed by atoms with E-state index in [0.717, 1.165) is 44.1 Å². The lowest BCUT2D eigenvalue weighted by Crippen LogP contribution is -2.39. The van der Waals surface area contributed by atoms with Gasteiger partial charge in [-0.2, -0.15) is 5.10 Å². The Morgan fingerprint density at radius 3 is 2.50 bits per heavy atom. The molecule has 1 saturated heterocycles. The van der Waals surface area contributed by atoms with Gasteiger partial charge in [0, 0.05) is 32.0 Å². The Morgan fingerprint density at radius 1 is 1.17 bits per heavy atom. The van der Waals surface area contributed by atoms with E-state index in [-0.39, 0.29) is 0 Å². The van der Waals surface area contributed by atoms with Crippen molar-refractivity contribution in [2.24, 2.45) is 24.8 Å². The van der Waals surface area contributed by atoms with Gasteiger partial charge in [0.15, 0.2) is 4.77 Å². The number of nitrogens with zero attached hydrogens (tertiary/aromatic N) is 3. The van der Waals surface area contributed by atoms with Gasteiger partial charge in [-0.1, -0.05) is 32.1 Å². The summed E-state index contributed by atoms with van der Waals surface area (Å²) < 4.78 is 2.65. The number of carbonyl (C=O) groups is 1. The Hall–Kier alpha value is -1.17. The fraction of sp³-hybridized carbons (Fsp3) is 0.833. The highest BCUT2D eigenvalue weighted by Gasteiger charge is 2.49. The lowest BCUT2D eigenvalue weighted by molar-refractivity contribution is -0.134. The van der Waals surface area contributed by atoms with Crippen molar-refractivity contribution >= 4 is 18.1 Å². The molecular formula is C18H28N4OS. The van der Waals surface area contributed by atoms with Crippen LogP contribution in [0.25, 0.3) is 0 Å². The van der Waals surface area contributed by atoms with Gasteiger partial charge in [-0.15, -0.1) is 0 Å². The summed E-state index contributed by atoms with van der Waals surface area (Å²) in [5.74, 6) is 3.75. The first-order chi connectivity index (χ1) is 11.6. The van der Waals surface area contributed by atoms with Gasteiger partial charge in [-0.3, -0.25) is 9.89 Å². The number of aromatic amines is 1. The second-order valence-electron chi connectivity index (χ2n) is 7.95. The van der Waals surface area contributed by atoms with Gasteiger partial charge in [-0.05, 0) is 43.3 Å².